The number of aromatic nitrogens is 1. The number of hydrogen-bond acceptors (Lipinski definition) is 10. The molecule has 5 unspecified atom stereocenters. The highest BCUT2D eigenvalue weighted by Gasteiger charge is 2.78. The summed E-state index contributed by atoms with van der Waals surface area (Å²) in [5.41, 5.74) is 0.0623. The van der Waals surface area contributed by atoms with E-state index in [0.29, 0.717) is 58.2 Å². The van der Waals surface area contributed by atoms with Gasteiger partial charge in [0.15, 0.2) is 5.60 Å². The van der Waals surface area contributed by atoms with E-state index >= 15 is 4.79 Å². The standard InChI is InChI=1S/C46H61N5O7/c1-7-42(56)22-29-23-45(41(55)58-6,36-31(14-18-50(25-29)26-42)30-12-9-10-13-34(30)48-36)32-21-33-35(20-27(32)3)49(5)38-44(33)16-19-51-17-11-15-43(8-2,37(44)51)39(53)46(38,57)40(54)47-24-28(4)52/h9-13,15,20-21,28-29,37-39,48,52-53,56-57H,7-8,14,16-19,22-26H2,1-6H3,(H,47,54)/t28-,29?,37?,38?,39-,42?,43-,44?,45+,46+/m1/s1. The van der Waals surface area contributed by atoms with Crippen LogP contribution in [0.15, 0.2) is 48.6 Å². The summed E-state index contributed by atoms with van der Waals surface area (Å²) in [6.07, 6.45) is 5.15. The van der Waals surface area contributed by atoms with Crippen molar-refractivity contribution in [1.29, 1.82) is 0 Å². The number of para-hydroxylation sites is 1. The number of piperidine rings is 1. The molecule has 1 spiro atoms. The highest BCUT2D eigenvalue weighted by Crippen LogP contribution is 2.67. The first-order chi connectivity index (χ1) is 27.6. The minimum absolute atomic E-state index is 0.0397. The molecule has 6 heterocycles. The van der Waals surface area contributed by atoms with Crippen molar-refractivity contribution in [3.63, 3.8) is 0 Å². The van der Waals surface area contributed by atoms with Gasteiger partial charge in [0, 0.05) is 78.9 Å². The molecule has 58 heavy (non-hydrogen) atoms. The van der Waals surface area contributed by atoms with Crippen LogP contribution in [0.2, 0.25) is 0 Å². The summed E-state index contributed by atoms with van der Waals surface area (Å²) in [5, 5.41) is 51.8. The van der Waals surface area contributed by atoms with E-state index in [-0.39, 0.29) is 24.5 Å². The van der Waals surface area contributed by atoms with Crippen molar-refractivity contribution in [2.45, 2.75) is 113 Å². The van der Waals surface area contributed by atoms with E-state index in [2.05, 4.69) is 50.4 Å². The molecule has 12 heteroatoms. The molecule has 11 atom stereocenters. The number of H-pyrrole nitrogens is 1. The number of ether oxygens (including phenoxy) is 1. The summed E-state index contributed by atoms with van der Waals surface area (Å²) in [6, 6.07) is 11.4. The van der Waals surface area contributed by atoms with Gasteiger partial charge in [0.25, 0.3) is 5.91 Å². The van der Waals surface area contributed by atoms with Crippen LogP contribution in [0.3, 0.4) is 0 Å². The number of esters is 1. The van der Waals surface area contributed by atoms with E-state index in [0.717, 1.165) is 57.6 Å². The van der Waals surface area contributed by atoms with Crippen LogP contribution in [0, 0.1) is 18.3 Å². The predicted octanol–water partition coefficient (Wildman–Crippen LogP) is 3.04. The van der Waals surface area contributed by atoms with Gasteiger partial charge in [-0.3, -0.25) is 19.4 Å². The summed E-state index contributed by atoms with van der Waals surface area (Å²) in [6.45, 7) is 11.1. The number of hydrogen-bond donors (Lipinski definition) is 6. The second kappa shape index (κ2) is 13.6. The number of fused-ring (bicyclic) bond motifs is 6. The van der Waals surface area contributed by atoms with Crippen LogP contribution in [0.4, 0.5) is 5.69 Å². The fourth-order valence-electron chi connectivity index (χ4n) is 13.5. The SMILES string of the molecule is CCC1(O)CC2C[N@](CCc3c([nH]c4ccccc34)[C@@](C(=O)OC)(c3cc4c(cc3C)N(C)C3C45CCN4CC=C[C@](CC)(C45)[C@@H](O)[C@]3(O)C(=O)NC[C@@H](C)O)C2)C1. The Balaban J connectivity index is 1.32. The topological polar surface area (TPSA) is 162 Å². The number of aliphatic hydroxyl groups excluding tert-OH is 2. The number of nitrogens with one attached hydrogen (secondary N) is 2. The van der Waals surface area contributed by atoms with Crippen molar-refractivity contribution in [1.82, 2.24) is 20.1 Å². The van der Waals surface area contributed by atoms with E-state index in [9.17, 15) is 25.2 Å². The third-order valence-corrected chi connectivity index (χ3v) is 15.8. The van der Waals surface area contributed by atoms with Crippen LogP contribution in [0.1, 0.15) is 80.8 Å². The number of nitrogens with zero attached hydrogens (tertiary/aromatic N) is 3. The van der Waals surface area contributed by atoms with Crippen molar-refractivity contribution in [2.75, 3.05) is 58.3 Å². The molecule has 1 amide bonds. The highest BCUT2D eigenvalue weighted by molar-refractivity contribution is 5.95. The molecule has 2 aromatic carbocycles. The smallest absolute Gasteiger partial charge is 0.322 e. The third-order valence-electron chi connectivity index (χ3n) is 15.8. The molecule has 1 aliphatic carbocycles. The Hall–Kier alpha value is -3.78. The fourth-order valence-corrected chi connectivity index (χ4v) is 13.5. The zero-order chi connectivity index (χ0) is 41.2. The molecule has 1 aromatic heterocycles. The molecule has 5 aliphatic heterocycles. The van der Waals surface area contributed by atoms with Crippen molar-refractivity contribution in [3.05, 3.63) is 76.5 Å². The van der Waals surface area contributed by atoms with Crippen molar-refractivity contribution >= 4 is 28.5 Å². The molecule has 3 fully saturated rings. The normalized spacial score (nSPS) is 38.2. The number of aliphatic hydroxyl groups is 4. The number of rotatable bonds is 7. The monoisotopic (exact) mass is 795 g/mol. The quantitative estimate of drug-likeness (QED) is 0.155. The lowest BCUT2D eigenvalue weighted by molar-refractivity contribution is -0.203. The molecule has 12 nitrogen and oxygen atoms in total. The van der Waals surface area contributed by atoms with Crippen LogP contribution >= 0.6 is 0 Å². The molecular formula is C46H61N5O7. The molecule has 2 saturated heterocycles. The first kappa shape index (κ1) is 39.7. The second-order valence-corrected chi connectivity index (χ2v) is 18.8. The van der Waals surface area contributed by atoms with Gasteiger partial charge in [0.05, 0.1) is 24.9 Å². The van der Waals surface area contributed by atoms with Gasteiger partial charge in [-0.1, -0.05) is 50.3 Å². The average molecular weight is 796 g/mol. The Kier molecular flexibility index (Phi) is 9.32. The van der Waals surface area contributed by atoms with E-state index < -0.39 is 51.6 Å². The Morgan fingerprint density at radius 3 is 2.57 bits per heavy atom. The van der Waals surface area contributed by atoms with E-state index in [1.165, 1.54) is 7.11 Å². The highest BCUT2D eigenvalue weighted by atomic mass is 16.5. The van der Waals surface area contributed by atoms with Crippen LogP contribution in [-0.4, -0.2) is 136 Å². The number of benzene rings is 2. The van der Waals surface area contributed by atoms with Crippen LogP contribution in [0.5, 0.6) is 0 Å². The van der Waals surface area contributed by atoms with Gasteiger partial charge in [-0.25, -0.2) is 0 Å². The number of aryl methyl sites for hydroxylation is 1. The van der Waals surface area contributed by atoms with Crippen molar-refractivity contribution in [3.8, 4) is 0 Å². The third kappa shape index (κ3) is 5.14. The van der Waals surface area contributed by atoms with Crippen LogP contribution in [0.25, 0.3) is 10.9 Å². The Morgan fingerprint density at radius 1 is 1.07 bits per heavy atom. The minimum Gasteiger partial charge on any atom is -0.468 e. The molecule has 0 radical (unpaired) electrons. The van der Waals surface area contributed by atoms with Gasteiger partial charge >= 0.3 is 5.97 Å². The number of carbonyl (C=O) groups is 2. The second-order valence-electron chi connectivity index (χ2n) is 18.8. The molecule has 1 saturated carbocycles. The lowest BCUT2D eigenvalue weighted by Gasteiger charge is -2.63. The van der Waals surface area contributed by atoms with E-state index in [1.54, 1.807) is 6.92 Å². The van der Waals surface area contributed by atoms with Gasteiger partial charge in [-0.15, -0.1) is 0 Å². The first-order valence-electron chi connectivity index (χ1n) is 21.4. The maximum Gasteiger partial charge on any atom is 0.322 e. The first-order valence-corrected chi connectivity index (χ1v) is 21.4. The molecule has 6 N–H and O–H groups in total. The minimum atomic E-state index is -2.26. The number of amides is 1. The lowest BCUT2D eigenvalue weighted by Crippen LogP contribution is -2.81. The van der Waals surface area contributed by atoms with Crippen LogP contribution in [-0.2, 0) is 31.6 Å². The van der Waals surface area contributed by atoms with Crippen molar-refractivity contribution in [2.24, 2.45) is 11.3 Å². The zero-order valence-electron chi connectivity index (χ0n) is 34.8. The number of carbonyl (C=O) groups excluding carboxylic acids is 2. The number of aromatic amines is 1. The van der Waals surface area contributed by atoms with E-state index in [4.69, 9.17) is 4.74 Å². The maximum absolute atomic E-state index is 15.3. The Morgan fingerprint density at radius 2 is 1.84 bits per heavy atom. The average Bonchev–Trinajstić information content (AvgIpc) is 3.87. The fraction of sp³-hybridized carbons (Fsp3) is 0.609. The molecule has 3 aromatic rings. The van der Waals surface area contributed by atoms with Gasteiger partial charge in [0.2, 0.25) is 0 Å². The summed E-state index contributed by atoms with van der Waals surface area (Å²) >= 11 is 0. The molecule has 6 aliphatic rings. The van der Waals surface area contributed by atoms with Crippen molar-refractivity contribution < 1.29 is 34.8 Å². The molecule has 9 rings (SSSR count). The lowest BCUT2D eigenvalue weighted by atomic mass is 9.47. The Labute approximate surface area is 341 Å². The number of methoxy groups -OCH3 is 1. The molecule has 312 valence electrons. The summed E-state index contributed by atoms with van der Waals surface area (Å²) in [5.74, 6) is -1.12. The zero-order valence-corrected chi connectivity index (χ0v) is 34.8. The maximum atomic E-state index is 15.3. The summed E-state index contributed by atoms with van der Waals surface area (Å²) < 4.78 is 5.95. The van der Waals surface area contributed by atoms with Crippen LogP contribution < -0.4 is 10.2 Å². The van der Waals surface area contributed by atoms with Gasteiger partial charge in [0.1, 0.15) is 11.5 Å². The summed E-state index contributed by atoms with van der Waals surface area (Å²) in [4.78, 5) is 40.4. The summed E-state index contributed by atoms with van der Waals surface area (Å²) in [7, 11) is 3.37. The van der Waals surface area contributed by atoms with Gasteiger partial charge < -0.3 is 40.4 Å². The van der Waals surface area contributed by atoms with Gasteiger partial charge in [-0.05, 0) is 99.2 Å². The largest absolute Gasteiger partial charge is 0.468 e. The Bertz CT molecular complexity index is 2190. The van der Waals surface area contributed by atoms with E-state index in [1.807, 2.05) is 50.9 Å². The molecular weight excluding hydrogens is 735 g/mol. The number of anilines is 1. The number of likely N-dealkylation sites (N-methyl/N-ethyl adjacent to an activating group) is 1. The van der Waals surface area contributed by atoms with Gasteiger partial charge in [-0.2, -0.15) is 0 Å². The molecule has 2 bridgehead atoms. The predicted molar refractivity (Wildman–Crippen MR) is 222 cm³/mol.